The van der Waals surface area contributed by atoms with Gasteiger partial charge in [-0.3, -0.25) is 9.59 Å². The van der Waals surface area contributed by atoms with Gasteiger partial charge in [0.1, 0.15) is 17.6 Å². The third-order valence-electron chi connectivity index (χ3n) is 5.91. The van der Waals surface area contributed by atoms with Gasteiger partial charge in [-0.25, -0.2) is 12.8 Å². The van der Waals surface area contributed by atoms with Crippen molar-refractivity contribution < 1.29 is 31.9 Å². The number of carbonyl (C=O) groups is 2. The minimum Gasteiger partial charge on any atom is -0.484 e. The Labute approximate surface area is 217 Å². The fourth-order valence-electron chi connectivity index (χ4n) is 3.69. The molecular formula is C26H34FN3O6S. The van der Waals surface area contributed by atoms with E-state index in [-0.39, 0.29) is 29.9 Å². The van der Waals surface area contributed by atoms with E-state index in [1.807, 2.05) is 13.8 Å². The lowest BCUT2D eigenvalue weighted by Gasteiger charge is -2.29. The number of halogens is 1. The van der Waals surface area contributed by atoms with E-state index >= 15 is 0 Å². The van der Waals surface area contributed by atoms with Gasteiger partial charge in [0, 0.05) is 26.2 Å². The summed E-state index contributed by atoms with van der Waals surface area (Å²) in [5, 5.41) is 2.83. The summed E-state index contributed by atoms with van der Waals surface area (Å²) in [6, 6.07) is 10.8. The smallest absolute Gasteiger partial charge is 0.261 e. The van der Waals surface area contributed by atoms with Gasteiger partial charge >= 0.3 is 0 Å². The topological polar surface area (TPSA) is 105 Å². The molecule has 0 spiro atoms. The second-order valence-electron chi connectivity index (χ2n) is 9.24. The Morgan fingerprint density at radius 1 is 1.05 bits per heavy atom. The van der Waals surface area contributed by atoms with Gasteiger partial charge in [0.25, 0.3) is 5.91 Å². The predicted molar refractivity (Wildman–Crippen MR) is 136 cm³/mol. The first-order chi connectivity index (χ1) is 17.6. The molecule has 11 heteroatoms. The van der Waals surface area contributed by atoms with E-state index in [2.05, 4.69) is 5.32 Å². The van der Waals surface area contributed by atoms with Gasteiger partial charge < -0.3 is 19.7 Å². The van der Waals surface area contributed by atoms with Crippen LogP contribution in [0.3, 0.4) is 0 Å². The first kappa shape index (κ1) is 28.5. The van der Waals surface area contributed by atoms with Crippen molar-refractivity contribution in [1.82, 2.24) is 14.5 Å². The first-order valence-electron chi connectivity index (χ1n) is 12.2. The van der Waals surface area contributed by atoms with Crippen LogP contribution in [0.15, 0.2) is 53.4 Å². The number of hydrogen-bond acceptors (Lipinski definition) is 6. The molecule has 9 nitrogen and oxygen atoms in total. The van der Waals surface area contributed by atoms with Crippen molar-refractivity contribution in [3.8, 4) is 5.75 Å². The van der Waals surface area contributed by atoms with Gasteiger partial charge in [-0.2, -0.15) is 4.31 Å². The van der Waals surface area contributed by atoms with Gasteiger partial charge in [0.05, 0.1) is 18.1 Å². The average Bonchev–Trinajstić information content (AvgIpc) is 2.90. The quantitative estimate of drug-likeness (QED) is 0.474. The number of hydrogen-bond donors (Lipinski definition) is 1. The molecule has 1 heterocycles. The zero-order valence-corrected chi connectivity index (χ0v) is 22.2. The number of morpholine rings is 1. The zero-order chi connectivity index (χ0) is 27.0. The van der Waals surface area contributed by atoms with Crippen LogP contribution in [-0.2, 0) is 30.9 Å². The van der Waals surface area contributed by atoms with E-state index in [1.165, 1.54) is 45.6 Å². The molecule has 1 saturated heterocycles. The van der Waals surface area contributed by atoms with Crippen LogP contribution in [0.2, 0.25) is 0 Å². The van der Waals surface area contributed by atoms with Crippen molar-refractivity contribution in [2.75, 3.05) is 39.5 Å². The highest BCUT2D eigenvalue weighted by molar-refractivity contribution is 7.89. The standard InChI is InChI=1S/C26H34FN3O6S/c1-19(2)16-28-26(32)20(3)30(17-21-4-6-22(27)7-5-21)25(31)18-36-23-8-10-24(11-9-23)37(33,34)29-12-14-35-15-13-29/h4-11,19-20H,12-18H2,1-3H3,(H,28,32)/t20-/m1/s1. The average molecular weight is 536 g/mol. The van der Waals surface area contributed by atoms with Crippen LogP contribution in [0.1, 0.15) is 26.3 Å². The van der Waals surface area contributed by atoms with Crippen molar-refractivity contribution in [2.24, 2.45) is 5.92 Å². The maximum absolute atomic E-state index is 13.4. The molecule has 0 bridgehead atoms. The molecule has 1 fully saturated rings. The highest BCUT2D eigenvalue weighted by atomic mass is 32.2. The van der Waals surface area contributed by atoms with Crippen molar-refractivity contribution in [3.63, 3.8) is 0 Å². The highest BCUT2D eigenvalue weighted by Crippen LogP contribution is 2.21. The molecule has 3 rings (SSSR count). The van der Waals surface area contributed by atoms with E-state index < -0.39 is 27.8 Å². The van der Waals surface area contributed by atoms with Gasteiger partial charge in [0.15, 0.2) is 6.61 Å². The second-order valence-corrected chi connectivity index (χ2v) is 11.2. The summed E-state index contributed by atoms with van der Waals surface area (Å²) in [4.78, 5) is 27.3. The number of rotatable bonds is 11. The number of amides is 2. The van der Waals surface area contributed by atoms with Crippen LogP contribution in [0, 0.1) is 11.7 Å². The summed E-state index contributed by atoms with van der Waals surface area (Å²) in [6.45, 7) is 7.06. The maximum atomic E-state index is 13.4. The molecule has 2 aromatic rings. The molecule has 1 aliphatic heterocycles. The van der Waals surface area contributed by atoms with Crippen LogP contribution in [-0.4, -0.2) is 74.9 Å². The number of ether oxygens (including phenoxy) is 2. The SMILES string of the molecule is CC(C)CNC(=O)[C@@H](C)N(Cc1ccc(F)cc1)C(=O)COc1ccc(S(=O)(=O)N2CCOCC2)cc1. The van der Waals surface area contributed by atoms with E-state index in [1.54, 1.807) is 19.1 Å². The Bertz CT molecular complexity index is 1150. The first-order valence-corrected chi connectivity index (χ1v) is 13.6. The highest BCUT2D eigenvalue weighted by Gasteiger charge is 2.28. The van der Waals surface area contributed by atoms with Crippen LogP contribution < -0.4 is 10.1 Å². The summed E-state index contributed by atoms with van der Waals surface area (Å²) in [5.74, 6) is -0.584. The zero-order valence-electron chi connectivity index (χ0n) is 21.4. The van der Waals surface area contributed by atoms with Crippen molar-refractivity contribution >= 4 is 21.8 Å². The summed E-state index contributed by atoms with van der Waals surface area (Å²) >= 11 is 0. The lowest BCUT2D eigenvalue weighted by molar-refractivity contribution is -0.142. The molecule has 1 N–H and O–H groups in total. The Hall–Kier alpha value is -3.02. The van der Waals surface area contributed by atoms with E-state index in [0.717, 1.165) is 0 Å². The maximum Gasteiger partial charge on any atom is 0.261 e. The fraction of sp³-hybridized carbons (Fsp3) is 0.462. The molecule has 1 atom stereocenters. The molecule has 0 aliphatic carbocycles. The largest absolute Gasteiger partial charge is 0.484 e. The summed E-state index contributed by atoms with van der Waals surface area (Å²) in [6.07, 6.45) is 0. The molecule has 1 aliphatic rings. The van der Waals surface area contributed by atoms with Crippen LogP contribution >= 0.6 is 0 Å². The van der Waals surface area contributed by atoms with Gasteiger partial charge in [0.2, 0.25) is 15.9 Å². The molecule has 0 aromatic heterocycles. The molecule has 37 heavy (non-hydrogen) atoms. The molecule has 2 aromatic carbocycles. The van der Waals surface area contributed by atoms with Crippen LogP contribution in [0.5, 0.6) is 5.75 Å². The molecule has 0 unspecified atom stereocenters. The summed E-state index contributed by atoms with van der Waals surface area (Å²) in [5.41, 5.74) is 0.663. The van der Waals surface area contributed by atoms with Gasteiger partial charge in [-0.15, -0.1) is 0 Å². The summed E-state index contributed by atoms with van der Waals surface area (Å²) < 4.78 is 51.2. The lowest BCUT2D eigenvalue weighted by atomic mass is 10.1. The summed E-state index contributed by atoms with van der Waals surface area (Å²) in [7, 11) is -3.64. The van der Waals surface area contributed by atoms with Gasteiger partial charge in [-0.1, -0.05) is 26.0 Å². The molecular weight excluding hydrogens is 501 g/mol. The Balaban J connectivity index is 1.68. The lowest BCUT2D eigenvalue weighted by Crippen LogP contribution is -2.49. The van der Waals surface area contributed by atoms with E-state index in [4.69, 9.17) is 9.47 Å². The van der Waals surface area contributed by atoms with E-state index in [0.29, 0.717) is 44.2 Å². The van der Waals surface area contributed by atoms with Crippen LogP contribution in [0.25, 0.3) is 0 Å². The molecule has 0 saturated carbocycles. The Kier molecular flexibility index (Phi) is 10.0. The normalized spacial score (nSPS) is 15.3. The third kappa shape index (κ3) is 7.98. The number of carbonyl (C=O) groups excluding carboxylic acids is 2. The van der Waals surface area contributed by atoms with Crippen molar-refractivity contribution in [3.05, 3.63) is 59.9 Å². The number of nitrogens with one attached hydrogen (secondary N) is 1. The number of sulfonamides is 1. The van der Waals surface area contributed by atoms with Crippen molar-refractivity contribution in [2.45, 2.75) is 38.3 Å². The minimum absolute atomic E-state index is 0.0927. The number of benzene rings is 2. The molecule has 0 radical (unpaired) electrons. The van der Waals surface area contributed by atoms with Crippen molar-refractivity contribution in [1.29, 1.82) is 0 Å². The number of nitrogens with zero attached hydrogens (tertiary/aromatic N) is 2. The fourth-order valence-corrected chi connectivity index (χ4v) is 5.10. The monoisotopic (exact) mass is 535 g/mol. The van der Waals surface area contributed by atoms with Gasteiger partial charge in [-0.05, 0) is 54.8 Å². The third-order valence-corrected chi connectivity index (χ3v) is 7.82. The van der Waals surface area contributed by atoms with E-state index in [9.17, 15) is 22.4 Å². The molecule has 2 amide bonds. The predicted octanol–water partition coefficient (Wildman–Crippen LogP) is 2.41. The molecule has 202 valence electrons. The minimum atomic E-state index is -3.64. The second kappa shape index (κ2) is 13.0. The Morgan fingerprint density at radius 2 is 1.68 bits per heavy atom. The Morgan fingerprint density at radius 3 is 2.27 bits per heavy atom. The van der Waals surface area contributed by atoms with Crippen LogP contribution in [0.4, 0.5) is 4.39 Å².